The summed E-state index contributed by atoms with van der Waals surface area (Å²) in [6, 6.07) is 4.80. The van der Waals surface area contributed by atoms with Crippen molar-refractivity contribution in [2.75, 3.05) is 19.0 Å². The Kier molecular flexibility index (Phi) is 2.96. The van der Waals surface area contributed by atoms with Crippen molar-refractivity contribution < 1.29 is 14.3 Å². The van der Waals surface area contributed by atoms with E-state index < -0.39 is 6.04 Å². The molecule has 0 bridgehead atoms. The van der Waals surface area contributed by atoms with Crippen LogP contribution in [0.2, 0.25) is 0 Å². The van der Waals surface area contributed by atoms with E-state index in [0.29, 0.717) is 30.2 Å². The molecular weight excluding hydrogens is 208 g/mol. The fourth-order valence-electron chi connectivity index (χ4n) is 1.57. The predicted octanol–water partition coefficient (Wildman–Crippen LogP) is 0.744. The molecule has 0 saturated heterocycles. The number of ether oxygens (including phenoxy) is 2. The summed E-state index contributed by atoms with van der Waals surface area (Å²) in [6.07, 6.45) is 0.489. The molecule has 86 valence electrons. The molecular formula is C11H14N2O3. The smallest absolute Gasteiger partial charge is 0.241 e. The summed E-state index contributed by atoms with van der Waals surface area (Å²) in [4.78, 5) is 11.6. The average Bonchev–Trinajstić information content (AvgIpc) is 2.28. The Balaban J connectivity index is 2.37. The average molecular weight is 222 g/mol. The highest BCUT2D eigenvalue weighted by Crippen LogP contribution is 2.36. The minimum absolute atomic E-state index is 0.196. The van der Waals surface area contributed by atoms with Crippen LogP contribution in [0, 0.1) is 0 Å². The van der Waals surface area contributed by atoms with Crippen LogP contribution < -0.4 is 20.5 Å². The maximum Gasteiger partial charge on any atom is 0.241 e. The van der Waals surface area contributed by atoms with Gasteiger partial charge in [-0.25, -0.2) is 0 Å². The number of nitrogens with one attached hydrogen (secondary N) is 1. The summed E-state index contributed by atoms with van der Waals surface area (Å²) in [5.41, 5.74) is 6.25. The Bertz CT molecular complexity index is 406. The largest absolute Gasteiger partial charge is 0.493 e. The molecule has 5 heteroatoms. The van der Waals surface area contributed by atoms with Crippen LogP contribution >= 0.6 is 0 Å². The fourth-order valence-corrected chi connectivity index (χ4v) is 1.57. The van der Waals surface area contributed by atoms with Crippen LogP contribution in [0.15, 0.2) is 18.2 Å². The number of hydrogen-bond donors (Lipinski definition) is 2. The molecule has 16 heavy (non-hydrogen) atoms. The summed E-state index contributed by atoms with van der Waals surface area (Å²) in [7, 11) is 1.56. The first-order chi connectivity index (χ1) is 7.72. The molecule has 1 aliphatic heterocycles. The van der Waals surface area contributed by atoms with Gasteiger partial charge in [-0.2, -0.15) is 0 Å². The number of benzene rings is 1. The second-order valence-corrected chi connectivity index (χ2v) is 3.57. The molecule has 0 aromatic heterocycles. The number of rotatable bonds is 1. The van der Waals surface area contributed by atoms with E-state index in [1.807, 2.05) is 0 Å². The second-order valence-electron chi connectivity index (χ2n) is 3.57. The van der Waals surface area contributed by atoms with Crippen LogP contribution in [0.4, 0.5) is 5.69 Å². The first-order valence-electron chi connectivity index (χ1n) is 5.08. The third-order valence-corrected chi connectivity index (χ3v) is 2.47. The lowest BCUT2D eigenvalue weighted by molar-refractivity contribution is -0.117. The summed E-state index contributed by atoms with van der Waals surface area (Å²) in [5, 5.41) is 2.72. The number of amides is 1. The molecule has 1 aliphatic rings. The van der Waals surface area contributed by atoms with E-state index in [-0.39, 0.29) is 5.91 Å². The minimum atomic E-state index is -0.528. The normalized spacial score (nSPS) is 19.9. The number of carbonyl (C=O) groups excluding carboxylic acids is 1. The van der Waals surface area contributed by atoms with E-state index in [1.54, 1.807) is 25.3 Å². The molecule has 1 unspecified atom stereocenters. The van der Waals surface area contributed by atoms with E-state index in [0.717, 1.165) is 0 Å². The predicted molar refractivity (Wildman–Crippen MR) is 59.7 cm³/mol. The third kappa shape index (κ3) is 1.94. The van der Waals surface area contributed by atoms with Gasteiger partial charge in [-0.1, -0.05) is 6.07 Å². The van der Waals surface area contributed by atoms with E-state index in [2.05, 4.69) is 5.32 Å². The molecule has 2 rings (SSSR count). The van der Waals surface area contributed by atoms with Crippen molar-refractivity contribution in [2.45, 2.75) is 12.5 Å². The molecule has 1 aromatic carbocycles. The van der Waals surface area contributed by atoms with Crippen molar-refractivity contribution >= 4 is 11.6 Å². The van der Waals surface area contributed by atoms with Crippen LogP contribution in [0.25, 0.3) is 0 Å². The lowest BCUT2D eigenvalue weighted by Gasteiger charge is -2.21. The van der Waals surface area contributed by atoms with Crippen LogP contribution in [-0.2, 0) is 4.79 Å². The van der Waals surface area contributed by atoms with Crippen molar-refractivity contribution in [1.82, 2.24) is 0 Å². The number of methoxy groups -OCH3 is 1. The third-order valence-electron chi connectivity index (χ3n) is 2.47. The van der Waals surface area contributed by atoms with Crippen molar-refractivity contribution in [3.63, 3.8) is 0 Å². The van der Waals surface area contributed by atoms with Gasteiger partial charge in [0.25, 0.3) is 0 Å². The lowest BCUT2D eigenvalue weighted by Crippen LogP contribution is -2.38. The molecule has 3 N–H and O–H groups in total. The number of fused-ring (bicyclic) bond motifs is 1. The van der Waals surface area contributed by atoms with Gasteiger partial charge in [-0.3, -0.25) is 4.79 Å². The summed E-state index contributed by atoms with van der Waals surface area (Å²) < 4.78 is 10.7. The van der Waals surface area contributed by atoms with Crippen LogP contribution in [-0.4, -0.2) is 25.7 Å². The quantitative estimate of drug-likeness (QED) is 0.735. The summed E-state index contributed by atoms with van der Waals surface area (Å²) in [6.45, 7) is 0.405. The number of para-hydroxylation sites is 1. The summed E-state index contributed by atoms with van der Waals surface area (Å²) >= 11 is 0. The molecule has 0 radical (unpaired) electrons. The molecule has 0 fully saturated rings. The highest BCUT2D eigenvalue weighted by molar-refractivity contribution is 5.96. The standard InChI is InChI=1S/C11H14N2O3/c1-15-9-4-2-3-8-10(9)16-6-5-7(12)11(14)13-8/h2-4,7H,5-6,12H2,1H3,(H,13,14). The number of nitrogens with two attached hydrogens (primary N) is 1. The zero-order chi connectivity index (χ0) is 11.5. The Morgan fingerprint density at radius 1 is 1.56 bits per heavy atom. The lowest BCUT2D eigenvalue weighted by atomic mass is 10.1. The molecule has 1 aromatic rings. The highest BCUT2D eigenvalue weighted by atomic mass is 16.5. The van der Waals surface area contributed by atoms with Crippen molar-refractivity contribution in [2.24, 2.45) is 5.73 Å². The highest BCUT2D eigenvalue weighted by Gasteiger charge is 2.21. The first kappa shape index (κ1) is 10.8. The second kappa shape index (κ2) is 4.40. The SMILES string of the molecule is COc1cccc2c1OCCC(N)C(=O)N2. The van der Waals surface area contributed by atoms with E-state index in [1.165, 1.54) is 0 Å². The Morgan fingerprint density at radius 2 is 2.38 bits per heavy atom. The van der Waals surface area contributed by atoms with Gasteiger partial charge in [0.2, 0.25) is 5.91 Å². The van der Waals surface area contributed by atoms with Gasteiger partial charge in [0.05, 0.1) is 25.4 Å². The zero-order valence-corrected chi connectivity index (χ0v) is 9.03. The van der Waals surface area contributed by atoms with Gasteiger partial charge < -0.3 is 20.5 Å². The first-order valence-corrected chi connectivity index (χ1v) is 5.08. The van der Waals surface area contributed by atoms with Crippen LogP contribution in [0.5, 0.6) is 11.5 Å². The molecule has 0 spiro atoms. The number of hydrogen-bond acceptors (Lipinski definition) is 4. The molecule has 0 saturated carbocycles. The van der Waals surface area contributed by atoms with Gasteiger partial charge >= 0.3 is 0 Å². The Labute approximate surface area is 93.5 Å². The van der Waals surface area contributed by atoms with Crippen molar-refractivity contribution in [1.29, 1.82) is 0 Å². The molecule has 0 aliphatic carbocycles. The summed E-state index contributed by atoms with van der Waals surface area (Å²) in [5.74, 6) is 0.969. The maximum absolute atomic E-state index is 11.6. The van der Waals surface area contributed by atoms with Gasteiger partial charge in [0, 0.05) is 6.42 Å². The number of anilines is 1. The monoisotopic (exact) mass is 222 g/mol. The molecule has 1 atom stereocenters. The van der Waals surface area contributed by atoms with Gasteiger partial charge in [-0.15, -0.1) is 0 Å². The topological polar surface area (TPSA) is 73.6 Å². The van der Waals surface area contributed by atoms with Gasteiger partial charge in [-0.05, 0) is 12.1 Å². The zero-order valence-electron chi connectivity index (χ0n) is 9.03. The van der Waals surface area contributed by atoms with E-state index in [9.17, 15) is 4.79 Å². The van der Waals surface area contributed by atoms with E-state index >= 15 is 0 Å². The van der Waals surface area contributed by atoms with Crippen molar-refractivity contribution in [3.8, 4) is 11.5 Å². The Hall–Kier alpha value is -1.75. The Morgan fingerprint density at radius 3 is 3.12 bits per heavy atom. The molecule has 1 amide bonds. The minimum Gasteiger partial charge on any atom is -0.493 e. The van der Waals surface area contributed by atoms with Crippen molar-refractivity contribution in [3.05, 3.63) is 18.2 Å². The van der Waals surface area contributed by atoms with Crippen LogP contribution in [0.3, 0.4) is 0 Å². The van der Waals surface area contributed by atoms with Gasteiger partial charge in [0.1, 0.15) is 0 Å². The van der Waals surface area contributed by atoms with Crippen LogP contribution in [0.1, 0.15) is 6.42 Å². The maximum atomic E-state index is 11.6. The van der Waals surface area contributed by atoms with Gasteiger partial charge in [0.15, 0.2) is 11.5 Å². The van der Waals surface area contributed by atoms with E-state index in [4.69, 9.17) is 15.2 Å². The fraction of sp³-hybridized carbons (Fsp3) is 0.364. The number of carbonyl (C=O) groups is 1. The molecule has 1 heterocycles. The molecule has 5 nitrogen and oxygen atoms in total.